The largest absolute Gasteiger partial charge is 0.495 e. The molecule has 32 heavy (non-hydrogen) atoms. The van der Waals surface area contributed by atoms with Gasteiger partial charge >= 0.3 is 0 Å². The molecule has 3 amide bonds. The molecule has 1 saturated heterocycles. The zero-order valence-electron chi connectivity index (χ0n) is 17.9. The van der Waals surface area contributed by atoms with Crippen LogP contribution in [0.5, 0.6) is 5.75 Å². The summed E-state index contributed by atoms with van der Waals surface area (Å²) in [4.78, 5) is 41.5. The number of anilines is 1. The lowest BCUT2D eigenvalue weighted by Gasteiger charge is -2.38. The minimum absolute atomic E-state index is 0.0122. The van der Waals surface area contributed by atoms with Crippen molar-refractivity contribution in [1.29, 1.82) is 0 Å². The molecule has 6 heteroatoms. The fourth-order valence-electron chi connectivity index (χ4n) is 5.56. The van der Waals surface area contributed by atoms with Crippen LogP contribution in [0.4, 0.5) is 5.69 Å². The molecule has 4 aliphatic rings. The van der Waals surface area contributed by atoms with Gasteiger partial charge in [0.1, 0.15) is 5.75 Å². The molecular weight excluding hydrogens is 404 g/mol. The number of hydrogen-bond donors (Lipinski definition) is 1. The monoisotopic (exact) mass is 430 g/mol. The second-order valence-electron chi connectivity index (χ2n) is 8.77. The number of hydrogen-bond acceptors (Lipinski definition) is 4. The number of imide groups is 1. The molecule has 0 radical (unpaired) electrons. The summed E-state index contributed by atoms with van der Waals surface area (Å²) in [5.74, 6) is -0.366. The number of fused-ring (bicyclic) bond motifs is 1. The summed E-state index contributed by atoms with van der Waals surface area (Å²) >= 11 is 0. The van der Waals surface area contributed by atoms with Gasteiger partial charge < -0.3 is 10.1 Å². The molecular formula is C26H26N2O4. The van der Waals surface area contributed by atoms with E-state index in [-0.39, 0.29) is 47.8 Å². The van der Waals surface area contributed by atoms with Gasteiger partial charge in [-0.25, -0.2) is 0 Å². The van der Waals surface area contributed by atoms with Gasteiger partial charge in [-0.05, 0) is 42.4 Å². The molecule has 0 spiro atoms. The minimum Gasteiger partial charge on any atom is -0.495 e. The number of benzene rings is 2. The van der Waals surface area contributed by atoms with Crippen molar-refractivity contribution in [1.82, 2.24) is 4.90 Å². The summed E-state index contributed by atoms with van der Waals surface area (Å²) in [6.07, 6.45) is 6.09. The standard InChI is InChI=1S/C26H26N2O4/c1-32-21-10-6-5-9-19(21)27-22(29)15-20(16-7-3-2-4-8-16)28-25(30)23-17-11-12-18(14-13-17)24(23)26(28)31/h2-12,17-18,20,23-24H,13-15H2,1H3,(H,27,29). The van der Waals surface area contributed by atoms with E-state index in [4.69, 9.17) is 4.74 Å². The topological polar surface area (TPSA) is 75.7 Å². The van der Waals surface area contributed by atoms with Crippen LogP contribution in [0.3, 0.4) is 0 Å². The lowest BCUT2D eigenvalue weighted by atomic mass is 9.63. The molecule has 164 valence electrons. The Morgan fingerprint density at radius 1 is 0.969 bits per heavy atom. The van der Waals surface area contributed by atoms with Crippen LogP contribution in [0.1, 0.15) is 30.9 Å². The molecule has 5 unspecified atom stereocenters. The van der Waals surface area contributed by atoms with E-state index in [1.165, 1.54) is 4.90 Å². The lowest BCUT2D eigenvalue weighted by molar-refractivity contribution is -0.143. The van der Waals surface area contributed by atoms with Crippen molar-refractivity contribution in [2.45, 2.75) is 25.3 Å². The smallest absolute Gasteiger partial charge is 0.234 e. The second kappa shape index (κ2) is 8.26. The number of carbonyl (C=O) groups excluding carboxylic acids is 3. The van der Waals surface area contributed by atoms with Gasteiger partial charge in [-0.15, -0.1) is 0 Å². The first kappa shape index (κ1) is 20.5. The van der Waals surface area contributed by atoms with E-state index in [1.807, 2.05) is 42.5 Å². The van der Waals surface area contributed by atoms with Gasteiger partial charge in [0.05, 0.1) is 37.1 Å². The average Bonchev–Trinajstić information content (AvgIpc) is 3.11. The summed E-state index contributed by atoms with van der Waals surface area (Å²) < 4.78 is 5.32. The molecule has 2 aromatic carbocycles. The Hall–Kier alpha value is -3.41. The predicted octanol–water partition coefficient (Wildman–Crippen LogP) is 3.96. The van der Waals surface area contributed by atoms with Crippen molar-refractivity contribution in [3.8, 4) is 5.75 Å². The molecule has 6 nitrogen and oxygen atoms in total. The Balaban J connectivity index is 1.44. The number of likely N-dealkylation sites (tertiary alicyclic amines) is 1. The molecule has 2 aromatic rings. The maximum Gasteiger partial charge on any atom is 0.234 e. The summed E-state index contributed by atoms with van der Waals surface area (Å²) in [6.45, 7) is 0. The van der Waals surface area contributed by atoms with E-state index in [0.717, 1.165) is 18.4 Å². The fraction of sp³-hybridized carbons (Fsp3) is 0.346. The van der Waals surface area contributed by atoms with Gasteiger partial charge in [0, 0.05) is 0 Å². The molecule has 2 bridgehead atoms. The Bertz CT molecular complexity index is 1050. The third kappa shape index (κ3) is 3.40. The molecule has 2 fully saturated rings. The van der Waals surface area contributed by atoms with E-state index >= 15 is 0 Å². The van der Waals surface area contributed by atoms with Crippen LogP contribution < -0.4 is 10.1 Å². The molecule has 1 aliphatic heterocycles. The highest BCUT2D eigenvalue weighted by Gasteiger charge is 2.58. The average molecular weight is 431 g/mol. The minimum atomic E-state index is -0.643. The number of nitrogens with one attached hydrogen (secondary N) is 1. The molecule has 3 aliphatic carbocycles. The Morgan fingerprint density at radius 3 is 2.16 bits per heavy atom. The molecule has 1 heterocycles. The first-order chi connectivity index (χ1) is 15.6. The number of para-hydroxylation sites is 2. The number of rotatable bonds is 6. The van der Waals surface area contributed by atoms with Gasteiger partial charge in [-0.1, -0.05) is 54.6 Å². The van der Waals surface area contributed by atoms with Crippen LogP contribution in [0.2, 0.25) is 0 Å². The number of allylic oxidation sites excluding steroid dienone is 2. The zero-order valence-corrected chi connectivity index (χ0v) is 17.9. The summed E-state index contributed by atoms with van der Waals surface area (Å²) in [5.41, 5.74) is 1.34. The number of amides is 3. The SMILES string of the molecule is COc1ccccc1NC(=O)CC(c1ccccc1)N1C(=O)C2C3C=CC(CC3)C2C1=O. The number of methoxy groups -OCH3 is 1. The normalized spacial score (nSPS) is 26.7. The highest BCUT2D eigenvalue weighted by Crippen LogP contribution is 2.51. The molecule has 0 aromatic heterocycles. The summed E-state index contributed by atoms with van der Waals surface area (Å²) in [7, 11) is 1.55. The maximum absolute atomic E-state index is 13.5. The van der Waals surface area contributed by atoms with E-state index in [2.05, 4.69) is 17.5 Å². The van der Waals surface area contributed by atoms with Crippen LogP contribution in [-0.2, 0) is 14.4 Å². The van der Waals surface area contributed by atoms with E-state index in [9.17, 15) is 14.4 Å². The van der Waals surface area contributed by atoms with Crippen LogP contribution in [0.25, 0.3) is 0 Å². The maximum atomic E-state index is 13.5. The van der Waals surface area contributed by atoms with Gasteiger partial charge in [0.25, 0.3) is 0 Å². The number of carbonyl (C=O) groups is 3. The third-order valence-corrected chi connectivity index (χ3v) is 7.05. The van der Waals surface area contributed by atoms with Crippen molar-refractivity contribution in [3.05, 3.63) is 72.3 Å². The second-order valence-corrected chi connectivity index (χ2v) is 8.77. The van der Waals surface area contributed by atoms with E-state index in [1.54, 1.807) is 19.2 Å². The Kier molecular flexibility index (Phi) is 5.29. The predicted molar refractivity (Wildman–Crippen MR) is 120 cm³/mol. The van der Waals surface area contributed by atoms with Crippen LogP contribution >= 0.6 is 0 Å². The molecule has 6 rings (SSSR count). The first-order valence-corrected chi connectivity index (χ1v) is 11.1. The molecule has 5 atom stereocenters. The zero-order chi connectivity index (χ0) is 22.2. The quantitative estimate of drug-likeness (QED) is 0.556. The van der Waals surface area contributed by atoms with Gasteiger partial charge in [-0.2, -0.15) is 0 Å². The fourth-order valence-corrected chi connectivity index (χ4v) is 5.56. The van der Waals surface area contributed by atoms with Crippen molar-refractivity contribution >= 4 is 23.4 Å². The highest BCUT2D eigenvalue weighted by atomic mass is 16.5. The van der Waals surface area contributed by atoms with Crippen molar-refractivity contribution in [2.75, 3.05) is 12.4 Å². The lowest BCUT2D eigenvalue weighted by Crippen LogP contribution is -2.38. The summed E-state index contributed by atoms with van der Waals surface area (Å²) in [6, 6.07) is 15.9. The first-order valence-electron chi connectivity index (χ1n) is 11.1. The van der Waals surface area contributed by atoms with Gasteiger partial charge in [-0.3, -0.25) is 19.3 Å². The third-order valence-electron chi connectivity index (χ3n) is 7.05. The van der Waals surface area contributed by atoms with Crippen LogP contribution in [-0.4, -0.2) is 29.7 Å². The van der Waals surface area contributed by atoms with Crippen LogP contribution in [0, 0.1) is 23.7 Å². The Labute approximate surface area is 187 Å². The number of nitrogens with zero attached hydrogens (tertiary/aromatic N) is 1. The van der Waals surface area contributed by atoms with Crippen molar-refractivity contribution in [3.63, 3.8) is 0 Å². The van der Waals surface area contributed by atoms with Gasteiger partial charge in [0.15, 0.2) is 0 Å². The van der Waals surface area contributed by atoms with Gasteiger partial charge in [0.2, 0.25) is 17.7 Å². The van der Waals surface area contributed by atoms with Crippen molar-refractivity contribution in [2.24, 2.45) is 23.7 Å². The molecule has 1 saturated carbocycles. The highest BCUT2D eigenvalue weighted by molar-refractivity contribution is 6.07. The number of ether oxygens (including phenoxy) is 1. The van der Waals surface area contributed by atoms with E-state index in [0.29, 0.717) is 11.4 Å². The van der Waals surface area contributed by atoms with Crippen molar-refractivity contribution < 1.29 is 19.1 Å². The van der Waals surface area contributed by atoms with Crippen LogP contribution in [0.15, 0.2) is 66.7 Å². The molecule has 1 N–H and O–H groups in total. The Morgan fingerprint density at radius 2 is 1.56 bits per heavy atom. The summed E-state index contributed by atoms with van der Waals surface area (Å²) in [5, 5.41) is 2.88. The van der Waals surface area contributed by atoms with E-state index < -0.39 is 6.04 Å².